The Morgan fingerprint density at radius 1 is 0.931 bits per heavy atom. The van der Waals surface area contributed by atoms with Gasteiger partial charge in [-0.25, -0.2) is 0 Å². The first kappa shape index (κ1) is 20.5. The predicted octanol–water partition coefficient (Wildman–Crippen LogP) is 5.13. The third-order valence-corrected chi connectivity index (χ3v) is 11.9. The van der Waals surface area contributed by atoms with E-state index in [2.05, 4.69) is 20.8 Å². The monoisotopic (exact) mass is 402 g/mol. The molecule has 5 fully saturated rings. The van der Waals surface area contributed by atoms with Crippen LogP contribution in [0.4, 0.5) is 0 Å². The van der Waals surface area contributed by atoms with E-state index in [-0.39, 0.29) is 28.3 Å². The van der Waals surface area contributed by atoms with Crippen LogP contribution in [0.5, 0.6) is 0 Å². The molecule has 3 nitrogen and oxygen atoms in total. The molecule has 5 rings (SSSR count). The number of aliphatic hydroxyl groups excluding tert-OH is 1. The van der Waals surface area contributed by atoms with Crippen LogP contribution in [-0.2, 0) is 4.79 Å². The van der Waals surface area contributed by atoms with Gasteiger partial charge < -0.3 is 10.2 Å². The molecule has 3 heteroatoms. The van der Waals surface area contributed by atoms with Crippen molar-refractivity contribution in [3.63, 3.8) is 0 Å². The number of hydrogen-bond donors (Lipinski definition) is 2. The Hall–Kier alpha value is -0.410. The molecule has 0 unspecified atom stereocenters. The van der Waals surface area contributed by atoms with Gasteiger partial charge in [0.05, 0.1) is 11.7 Å². The molecule has 29 heavy (non-hydrogen) atoms. The fraction of sp³-hybridized carbons (Fsp3) is 0.962. The number of aliphatic hydroxyl groups is 2. The predicted molar refractivity (Wildman–Crippen MR) is 114 cm³/mol. The third kappa shape index (κ3) is 2.30. The Morgan fingerprint density at radius 3 is 2.38 bits per heavy atom. The summed E-state index contributed by atoms with van der Waals surface area (Å²) in [4.78, 5) is 13.2. The lowest BCUT2D eigenvalue weighted by Crippen LogP contribution is -2.66. The molecule has 0 spiro atoms. The van der Waals surface area contributed by atoms with Gasteiger partial charge in [-0.15, -0.1) is 0 Å². The molecular formula is C26H42O3. The Bertz CT molecular complexity index is 704. The van der Waals surface area contributed by atoms with Crippen LogP contribution in [0, 0.1) is 45.8 Å². The van der Waals surface area contributed by atoms with Gasteiger partial charge in [0.1, 0.15) is 5.78 Å². The van der Waals surface area contributed by atoms with Crippen molar-refractivity contribution in [3.8, 4) is 0 Å². The van der Waals surface area contributed by atoms with E-state index in [0.717, 1.165) is 38.5 Å². The average molecular weight is 403 g/mol. The van der Waals surface area contributed by atoms with Crippen molar-refractivity contribution in [1.82, 2.24) is 0 Å². The fourth-order valence-corrected chi connectivity index (χ4v) is 10.5. The van der Waals surface area contributed by atoms with Gasteiger partial charge in [-0.2, -0.15) is 0 Å². The van der Waals surface area contributed by atoms with Crippen LogP contribution in [0.25, 0.3) is 0 Å². The van der Waals surface area contributed by atoms with Crippen LogP contribution < -0.4 is 0 Å². The van der Waals surface area contributed by atoms with Crippen LogP contribution in [0.3, 0.4) is 0 Å². The summed E-state index contributed by atoms with van der Waals surface area (Å²) < 4.78 is 0. The maximum atomic E-state index is 13.2. The van der Waals surface area contributed by atoms with Crippen molar-refractivity contribution in [2.75, 3.05) is 0 Å². The molecule has 0 aromatic heterocycles. The van der Waals surface area contributed by atoms with Crippen LogP contribution in [-0.4, -0.2) is 27.7 Å². The minimum Gasteiger partial charge on any atom is -0.393 e. The second-order valence-corrected chi connectivity index (χ2v) is 12.4. The first-order valence-electron chi connectivity index (χ1n) is 12.5. The largest absolute Gasteiger partial charge is 0.393 e. The van der Waals surface area contributed by atoms with Crippen LogP contribution in [0.1, 0.15) is 98.3 Å². The summed E-state index contributed by atoms with van der Waals surface area (Å²) in [5.41, 5.74) is -0.761. The third-order valence-electron chi connectivity index (χ3n) is 11.9. The first-order valence-corrected chi connectivity index (χ1v) is 12.5. The van der Waals surface area contributed by atoms with E-state index >= 15 is 0 Å². The number of hydrogen-bond acceptors (Lipinski definition) is 3. The Kier molecular flexibility index (Phi) is 4.46. The highest BCUT2D eigenvalue weighted by atomic mass is 16.3. The van der Waals surface area contributed by atoms with Crippen molar-refractivity contribution in [2.24, 2.45) is 45.8 Å². The molecule has 5 aliphatic rings. The molecule has 0 saturated heterocycles. The lowest BCUT2D eigenvalue weighted by Gasteiger charge is -2.66. The molecular weight excluding hydrogens is 360 g/mol. The summed E-state index contributed by atoms with van der Waals surface area (Å²) in [6.45, 7) is 8.96. The van der Waals surface area contributed by atoms with E-state index in [1.165, 1.54) is 25.7 Å². The van der Waals surface area contributed by atoms with Crippen molar-refractivity contribution in [2.45, 2.75) is 110 Å². The topological polar surface area (TPSA) is 57.5 Å². The lowest BCUT2D eigenvalue weighted by atomic mass is 9.40. The highest BCUT2D eigenvalue weighted by Gasteiger charge is 2.71. The summed E-state index contributed by atoms with van der Waals surface area (Å²) in [7, 11) is 0. The quantitative estimate of drug-likeness (QED) is 0.639. The molecule has 0 aromatic rings. The summed E-state index contributed by atoms with van der Waals surface area (Å²) in [5.74, 6) is 3.08. The minimum atomic E-state index is -0.733. The zero-order chi connectivity index (χ0) is 20.8. The Morgan fingerprint density at radius 2 is 1.66 bits per heavy atom. The number of ketones is 1. The zero-order valence-electron chi connectivity index (χ0n) is 19.0. The van der Waals surface area contributed by atoms with E-state index < -0.39 is 5.60 Å². The molecule has 0 aromatic carbocycles. The minimum absolute atomic E-state index is 0.0818. The van der Waals surface area contributed by atoms with Gasteiger partial charge in [0.25, 0.3) is 0 Å². The maximum absolute atomic E-state index is 13.2. The number of carbonyl (C=O) groups is 1. The van der Waals surface area contributed by atoms with Crippen molar-refractivity contribution < 1.29 is 15.0 Å². The van der Waals surface area contributed by atoms with E-state index in [1.54, 1.807) is 0 Å². The molecule has 5 aliphatic carbocycles. The normalized spacial score (nSPS) is 59.2. The Labute approximate surface area is 177 Å². The van der Waals surface area contributed by atoms with Gasteiger partial charge in [-0.3, -0.25) is 4.79 Å². The van der Waals surface area contributed by atoms with Crippen LogP contribution in [0.15, 0.2) is 0 Å². The highest BCUT2D eigenvalue weighted by molar-refractivity contribution is 5.84. The summed E-state index contributed by atoms with van der Waals surface area (Å²) >= 11 is 0. The van der Waals surface area contributed by atoms with Gasteiger partial charge in [-0.1, -0.05) is 33.6 Å². The zero-order valence-corrected chi connectivity index (χ0v) is 19.0. The number of carbonyl (C=O) groups excluding carboxylic acids is 1. The first-order chi connectivity index (χ1) is 13.6. The number of rotatable bonds is 1. The maximum Gasteiger partial charge on any atom is 0.136 e. The second kappa shape index (κ2) is 6.31. The highest BCUT2D eigenvalue weighted by Crippen LogP contribution is 2.75. The van der Waals surface area contributed by atoms with E-state index in [4.69, 9.17) is 0 Å². The summed E-state index contributed by atoms with van der Waals surface area (Å²) in [6.07, 6.45) is 11.5. The standard InChI is InChI=1S/C26H42O3/c1-16-13-20-21(24(4)11-8-19(28)15-26(16,24)29)9-12-23(3)22(20)14-18-7-5-6-10-25(18,23)17(2)27/h16,18-22,28-29H,5-15H2,1-4H3/t16-,18-,19+,20+,21-,22-,23-,24+,25+,26-/m0/s1. The molecule has 0 heterocycles. The van der Waals surface area contributed by atoms with Crippen LogP contribution >= 0.6 is 0 Å². The van der Waals surface area contributed by atoms with E-state index in [9.17, 15) is 15.0 Å². The molecule has 0 aliphatic heterocycles. The van der Waals surface area contributed by atoms with Crippen LogP contribution in [0.2, 0.25) is 0 Å². The van der Waals surface area contributed by atoms with Gasteiger partial charge in [0, 0.05) is 11.8 Å². The van der Waals surface area contributed by atoms with Gasteiger partial charge in [0.15, 0.2) is 0 Å². The molecule has 164 valence electrons. The van der Waals surface area contributed by atoms with E-state index in [1.807, 2.05) is 6.92 Å². The molecule has 0 radical (unpaired) electrons. The molecule has 0 bridgehead atoms. The van der Waals surface area contributed by atoms with Crippen molar-refractivity contribution in [1.29, 1.82) is 0 Å². The van der Waals surface area contributed by atoms with Gasteiger partial charge in [-0.05, 0) is 98.7 Å². The number of fused-ring (bicyclic) bond motifs is 7. The van der Waals surface area contributed by atoms with Gasteiger partial charge in [0.2, 0.25) is 0 Å². The second-order valence-electron chi connectivity index (χ2n) is 12.4. The van der Waals surface area contributed by atoms with Gasteiger partial charge >= 0.3 is 0 Å². The van der Waals surface area contributed by atoms with Crippen molar-refractivity contribution in [3.05, 3.63) is 0 Å². The number of Topliss-reactive ketones (excluding diaryl/α,β-unsaturated/α-hetero) is 1. The van der Waals surface area contributed by atoms with E-state index in [0.29, 0.717) is 35.9 Å². The fourth-order valence-electron chi connectivity index (χ4n) is 10.5. The lowest BCUT2D eigenvalue weighted by molar-refractivity contribution is -0.246. The smallest absolute Gasteiger partial charge is 0.136 e. The average Bonchev–Trinajstić information content (AvgIpc) is 2.95. The Balaban J connectivity index is 1.55. The summed E-state index contributed by atoms with van der Waals surface area (Å²) in [5, 5.41) is 22.2. The SMILES string of the molecule is CC(=O)[C@]12CCCC[C@H]1C[C@H]1[C@@H]3C[C@H](C)[C@@]4(O)C[C@H](O)CC[C@]4(C)[C@H]3CC[C@@]12C. The van der Waals surface area contributed by atoms with Crippen molar-refractivity contribution >= 4 is 5.78 Å². The molecule has 5 saturated carbocycles. The molecule has 10 atom stereocenters. The summed E-state index contributed by atoms with van der Waals surface area (Å²) in [6, 6.07) is 0. The molecule has 2 N–H and O–H groups in total. The molecule has 0 amide bonds.